The highest BCUT2D eigenvalue weighted by Crippen LogP contribution is 2.26. The van der Waals surface area contributed by atoms with Crippen LogP contribution in [0.5, 0.6) is 11.5 Å². The molecular formula is C18H17N3O3S. The minimum atomic E-state index is -0.0770. The fourth-order valence-electron chi connectivity index (χ4n) is 2.28. The van der Waals surface area contributed by atoms with E-state index in [1.165, 1.54) is 18.9 Å². The number of benzene rings is 2. The van der Waals surface area contributed by atoms with Gasteiger partial charge in [0.25, 0.3) is 0 Å². The number of aromatic nitrogens is 3. The first kappa shape index (κ1) is 17.0. The molecule has 0 amide bonds. The van der Waals surface area contributed by atoms with Gasteiger partial charge in [-0.1, -0.05) is 42.1 Å². The van der Waals surface area contributed by atoms with Crippen LogP contribution >= 0.6 is 11.8 Å². The Hall–Kier alpha value is -2.80. The third-order valence-electron chi connectivity index (χ3n) is 3.55. The lowest BCUT2D eigenvalue weighted by atomic mass is 10.1. The van der Waals surface area contributed by atoms with Gasteiger partial charge >= 0.3 is 0 Å². The zero-order chi connectivity index (χ0) is 17.6. The summed E-state index contributed by atoms with van der Waals surface area (Å²) >= 11 is 1.27. The van der Waals surface area contributed by atoms with Crippen LogP contribution in [0, 0.1) is 0 Å². The SMILES string of the molecule is COc1ccc(OC)c(C(=O)CSc2n[nH]c(-c3ccccc3)n2)c1. The number of nitrogens with zero attached hydrogens (tertiary/aromatic N) is 2. The van der Waals surface area contributed by atoms with Gasteiger partial charge in [-0.15, -0.1) is 5.10 Å². The lowest BCUT2D eigenvalue weighted by Crippen LogP contribution is -2.05. The smallest absolute Gasteiger partial charge is 0.209 e. The molecule has 3 rings (SSSR count). The summed E-state index contributed by atoms with van der Waals surface area (Å²) in [6.07, 6.45) is 0. The molecule has 0 aliphatic carbocycles. The first-order chi connectivity index (χ1) is 12.2. The maximum absolute atomic E-state index is 12.5. The molecule has 0 spiro atoms. The van der Waals surface area contributed by atoms with Crippen LogP contribution in [-0.2, 0) is 0 Å². The Morgan fingerprint density at radius 1 is 1.12 bits per heavy atom. The molecule has 6 nitrogen and oxygen atoms in total. The van der Waals surface area contributed by atoms with E-state index < -0.39 is 0 Å². The summed E-state index contributed by atoms with van der Waals surface area (Å²) in [6, 6.07) is 14.8. The van der Waals surface area contributed by atoms with Crippen LogP contribution in [0.1, 0.15) is 10.4 Å². The van der Waals surface area contributed by atoms with Crippen molar-refractivity contribution in [2.24, 2.45) is 0 Å². The van der Waals surface area contributed by atoms with Gasteiger partial charge in [-0.2, -0.15) is 0 Å². The van der Waals surface area contributed by atoms with Crippen LogP contribution in [0.25, 0.3) is 11.4 Å². The molecule has 0 atom stereocenters. The Balaban J connectivity index is 1.70. The van der Waals surface area contributed by atoms with Gasteiger partial charge in [-0.25, -0.2) is 4.98 Å². The Morgan fingerprint density at radius 3 is 2.64 bits per heavy atom. The number of Topliss-reactive ketones (excluding diaryl/α,β-unsaturated/α-hetero) is 1. The second-order valence-corrected chi connectivity index (χ2v) is 6.05. The lowest BCUT2D eigenvalue weighted by Gasteiger charge is -2.09. The predicted octanol–water partition coefficient (Wildman–Crippen LogP) is 3.46. The number of ketones is 1. The first-order valence-electron chi connectivity index (χ1n) is 7.57. The fourth-order valence-corrected chi connectivity index (χ4v) is 2.96. The Bertz CT molecular complexity index is 865. The van der Waals surface area contributed by atoms with Gasteiger partial charge in [0.05, 0.1) is 25.5 Å². The van der Waals surface area contributed by atoms with Crippen molar-refractivity contribution < 1.29 is 14.3 Å². The Labute approximate surface area is 149 Å². The quantitative estimate of drug-likeness (QED) is 0.517. The molecule has 1 N–H and O–H groups in total. The van der Waals surface area contributed by atoms with Gasteiger partial charge in [0.15, 0.2) is 11.6 Å². The Morgan fingerprint density at radius 2 is 1.92 bits per heavy atom. The summed E-state index contributed by atoms with van der Waals surface area (Å²) in [5.41, 5.74) is 1.43. The maximum atomic E-state index is 12.5. The van der Waals surface area contributed by atoms with Crippen molar-refractivity contribution in [1.29, 1.82) is 0 Å². The topological polar surface area (TPSA) is 77.1 Å². The van der Waals surface area contributed by atoms with Gasteiger partial charge in [0.1, 0.15) is 11.5 Å². The third-order valence-corrected chi connectivity index (χ3v) is 4.40. The molecule has 0 aliphatic rings. The molecule has 0 saturated heterocycles. The van der Waals surface area contributed by atoms with Gasteiger partial charge in [0, 0.05) is 5.56 Å². The zero-order valence-electron chi connectivity index (χ0n) is 13.9. The number of carbonyl (C=O) groups is 1. The number of nitrogens with one attached hydrogen (secondary N) is 1. The number of methoxy groups -OCH3 is 2. The number of aromatic amines is 1. The van der Waals surface area contributed by atoms with Crippen molar-refractivity contribution in [2.75, 3.05) is 20.0 Å². The summed E-state index contributed by atoms with van der Waals surface area (Å²) < 4.78 is 10.4. The maximum Gasteiger partial charge on any atom is 0.209 e. The second-order valence-electron chi connectivity index (χ2n) is 5.11. The number of hydrogen-bond acceptors (Lipinski definition) is 6. The van der Waals surface area contributed by atoms with Crippen molar-refractivity contribution in [3.63, 3.8) is 0 Å². The van der Waals surface area contributed by atoms with E-state index in [1.807, 2.05) is 30.3 Å². The third kappa shape index (κ3) is 4.00. The van der Waals surface area contributed by atoms with E-state index in [0.717, 1.165) is 5.56 Å². The number of ether oxygens (including phenoxy) is 2. The molecule has 128 valence electrons. The van der Waals surface area contributed by atoms with Crippen molar-refractivity contribution in [1.82, 2.24) is 15.2 Å². The molecule has 1 heterocycles. The van der Waals surface area contributed by atoms with Crippen molar-refractivity contribution in [3.8, 4) is 22.9 Å². The highest BCUT2D eigenvalue weighted by atomic mass is 32.2. The minimum absolute atomic E-state index is 0.0770. The molecule has 3 aromatic rings. The normalized spacial score (nSPS) is 10.5. The van der Waals surface area contributed by atoms with Crippen molar-refractivity contribution >= 4 is 17.5 Å². The molecule has 0 bridgehead atoms. The van der Waals surface area contributed by atoms with Crippen LogP contribution in [-0.4, -0.2) is 40.9 Å². The van der Waals surface area contributed by atoms with E-state index in [9.17, 15) is 4.79 Å². The van der Waals surface area contributed by atoms with E-state index >= 15 is 0 Å². The van der Waals surface area contributed by atoms with Crippen LogP contribution in [0.15, 0.2) is 53.7 Å². The molecule has 7 heteroatoms. The molecule has 2 aromatic carbocycles. The molecule has 0 radical (unpaired) electrons. The number of carbonyl (C=O) groups excluding carboxylic acids is 1. The lowest BCUT2D eigenvalue weighted by molar-refractivity contribution is 0.101. The van der Waals surface area contributed by atoms with Crippen molar-refractivity contribution in [3.05, 3.63) is 54.1 Å². The summed E-state index contributed by atoms with van der Waals surface area (Å²) in [6.45, 7) is 0. The predicted molar refractivity (Wildman–Crippen MR) is 96.4 cm³/mol. The molecule has 25 heavy (non-hydrogen) atoms. The molecule has 0 unspecified atom stereocenters. The van der Waals surface area contributed by atoms with Gasteiger partial charge in [-0.3, -0.25) is 9.89 Å². The summed E-state index contributed by atoms with van der Waals surface area (Å²) in [5, 5.41) is 7.56. The Kier molecular flexibility index (Phi) is 5.35. The van der Waals surface area contributed by atoms with Gasteiger partial charge in [0.2, 0.25) is 5.16 Å². The average Bonchev–Trinajstić information content (AvgIpc) is 3.15. The monoisotopic (exact) mass is 355 g/mol. The zero-order valence-corrected chi connectivity index (χ0v) is 14.7. The van der Waals surface area contributed by atoms with Gasteiger partial charge < -0.3 is 9.47 Å². The summed E-state index contributed by atoms with van der Waals surface area (Å²) in [5.74, 6) is 1.93. The molecule has 1 aromatic heterocycles. The fraction of sp³-hybridized carbons (Fsp3) is 0.167. The first-order valence-corrected chi connectivity index (χ1v) is 8.55. The summed E-state index contributed by atoms with van der Waals surface area (Å²) in [7, 11) is 3.09. The molecule has 0 aliphatic heterocycles. The van der Waals surface area contributed by atoms with Crippen LogP contribution in [0.2, 0.25) is 0 Å². The minimum Gasteiger partial charge on any atom is -0.497 e. The van der Waals surface area contributed by atoms with Crippen molar-refractivity contribution in [2.45, 2.75) is 5.16 Å². The van der Waals surface area contributed by atoms with Gasteiger partial charge in [-0.05, 0) is 18.2 Å². The van der Waals surface area contributed by atoms with E-state index in [1.54, 1.807) is 25.3 Å². The highest BCUT2D eigenvalue weighted by molar-refractivity contribution is 7.99. The van der Waals surface area contributed by atoms with Crippen LogP contribution in [0.4, 0.5) is 0 Å². The number of hydrogen-bond donors (Lipinski definition) is 1. The second kappa shape index (κ2) is 7.85. The van der Waals surface area contributed by atoms with E-state index in [0.29, 0.717) is 28.0 Å². The highest BCUT2D eigenvalue weighted by Gasteiger charge is 2.15. The number of H-pyrrole nitrogens is 1. The summed E-state index contributed by atoms with van der Waals surface area (Å²) in [4.78, 5) is 16.9. The molecule has 0 saturated carbocycles. The molecular weight excluding hydrogens is 338 g/mol. The van der Waals surface area contributed by atoms with E-state index in [4.69, 9.17) is 9.47 Å². The van der Waals surface area contributed by atoms with E-state index in [-0.39, 0.29) is 11.5 Å². The van der Waals surface area contributed by atoms with Crippen LogP contribution < -0.4 is 9.47 Å². The van der Waals surface area contributed by atoms with Crippen LogP contribution in [0.3, 0.4) is 0 Å². The van der Waals surface area contributed by atoms with E-state index in [2.05, 4.69) is 15.2 Å². The average molecular weight is 355 g/mol. The molecule has 0 fully saturated rings. The number of thioether (sulfide) groups is 1. The largest absolute Gasteiger partial charge is 0.497 e. The standard InChI is InChI=1S/C18H17N3O3S/c1-23-13-8-9-16(24-2)14(10-13)15(22)11-25-18-19-17(20-21-18)12-6-4-3-5-7-12/h3-10H,11H2,1-2H3,(H,19,20,21). The number of rotatable bonds is 7.